The highest BCUT2D eigenvalue weighted by Crippen LogP contribution is 2.67. The number of allylic oxidation sites excluding steroid dienone is 1. The number of ether oxygens (including phenoxy) is 1. The van der Waals surface area contributed by atoms with Crippen LogP contribution in [0.4, 0.5) is 0 Å². The highest BCUT2D eigenvalue weighted by atomic mass is 16.5. The number of hydrogen-bond acceptors (Lipinski definition) is 4. The van der Waals surface area contributed by atoms with Gasteiger partial charge in [-0.2, -0.15) is 0 Å². The van der Waals surface area contributed by atoms with Crippen molar-refractivity contribution in [3.8, 4) is 0 Å². The van der Waals surface area contributed by atoms with Crippen LogP contribution in [0.1, 0.15) is 72.1 Å². The smallest absolute Gasteiger partial charge is 0.302 e. The van der Waals surface area contributed by atoms with Crippen LogP contribution in [0, 0.1) is 22.7 Å². The minimum absolute atomic E-state index is 0.0490. The van der Waals surface area contributed by atoms with Gasteiger partial charge in [0.25, 0.3) is 0 Å². The first-order valence-electron chi connectivity index (χ1n) is 9.84. The van der Waals surface area contributed by atoms with E-state index in [-0.39, 0.29) is 34.6 Å². The van der Waals surface area contributed by atoms with E-state index >= 15 is 0 Å². The van der Waals surface area contributed by atoms with Crippen LogP contribution in [0.15, 0.2) is 11.6 Å². The Kier molecular flexibility index (Phi) is 3.74. The maximum atomic E-state index is 11.9. The Morgan fingerprint density at radius 1 is 1.12 bits per heavy atom. The van der Waals surface area contributed by atoms with E-state index in [1.54, 1.807) is 0 Å². The number of rotatable bonds is 1. The summed E-state index contributed by atoms with van der Waals surface area (Å²) in [6.07, 6.45) is 8.54. The highest BCUT2D eigenvalue weighted by molar-refractivity contribution is 5.91. The lowest BCUT2D eigenvalue weighted by Gasteiger charge is -2.61. The number of aliphatic hydroxyl groups is 1. The van der Waals surface area contributed by atoms with Crippen molar-refractivity contribution in [2.24, 2.45) is 22.7 Å². The Morgan fingerprint density at radius 3 is 2.60 bits per heavy atom. The topological polar surface area (TPSA) is 63.6 Å². The molecular weight excluding hydrogens is 316 g/mol. The largest absolute Gasteiger partial charge is 0.462 e. The molecule has 0 bridgehead atoms. The van der Waals surface area contributed by atoms with Gasteiger partial charge in [0.2, 0.25) is 0 Å². The molecular formula is C21H30O4. The van der Waals surface area contributed by atoms with Gasteiger partial charge in [-0.3, -0.25) is 9.59 Å². The number of hydrogen-bond donors (Lipinski definition) is 1. The second-order valence-electron chi connectivity index (χ2n) is 9.32. The second-order valence-corrected chi connectivity index (χ2v) is 9.32. The summed E-state index contributed by atoms with van der Waals surface area (Å²) in [5, 5.41) is 11.8. The highest BCUT2D eigenvalue weighted by Gasteiger charge is 2.67. The fourth-order valence-electron chi connectivity index (χ4n) is 6.87. The molecule has 1 N–H and O–H groups in total. The van der Waals surface area contributed by atoms with E-state index in [0.717, 1.165) is 44.9 Å². The number of ketones is 1. The number of carbonyl (C=O) groups excluding carboxylic acids is 2. The Hall–Kier alpha value is -1.16. The molecule has 4 unspecified atom stereocenters. The van der Waals surface area contributed by atoms with Crippen LogP contribution >= 0.6 is 0 Å². The molecule has 4 aliphatic carbocycles. The lowest BCUT2D eigenvalue weighted by molar-refractivity contribution is -0.201. The van der Waals surface area contributed by atoms with Gasteiger partial charge in [-0.15, -0.1) is 0 Å². The van der Waals surface area contributed by atoms with Gasteiger partial charge in [-0.05, 0) is 68.3 Å². The van der Waals surface area contributed by atoms with Crippen LogP contribution in [0.3, 0.4) is 0 Å². The molecule has 6 atom stereocenters. The molecule has 3 saturated carbocycles. The quantitative estimate of drug-likeness (QED) is 0.737. The third-order valence-electron chi connectivity index (χ3n) is 8.37. The Morgan fingerprint density at radius 2 is 1.88 bits per heavy atom. The molecule has 0 spiro atoms. The first-order chi connectivity index (χ1) is 11.7. The molecule has 25 heavy (non-hydrogen) atoms. The summed E-state index contributed by atoms with van der Waals surface area (Å²) in [5.41, 5.74) is 0.258. The van der Waals surface area contributed by atoms with Gasteiger partial charge in [0.05, 0.1) is 5.60 Å². The summed E-state index contributed by atoms with van der Waals surface area (Å²) in [6.45, 7) is 5.90. The maximum absolute atomic E-state index is 11.9. The molecule has 0 aromatic carbocycles. The zero-order chi connectivity index (χ0) is 18.0. The molecule has 0 heterocycles. The molecule has 3 fully saturated rings. The molecule has 4 nitrogen and oxygen atoms in total. The van der Waals surface area contributed by atoms with Gasteiger partial charge in [0.1, 0.15) is 6.10 Å². The molecule has 4 rings (SSSR count). The molecule has 0 radical (unpaired) electrons. The van der Waals surface area contributed by atoms with Crippen molar-refractivity contribution < 1.29 is 19.4 Å². The number of fused-ring (bicyclic) bond motifs is 5. The summed E-state index contributed by atoms with van der Waals surface area (Å²) in [7, 11) is 0. The lowest BCUT2D eigenvalue weighted by atomic mass is 9.46. The van der Waals surface area contributed by atoms with Crippen molar-refractivity contribution in [1.82, 2.24) is 0 Å². The van der Waals surface area contributed by atoms with Crippen molar-refractivity contribution in [2.75, 3.05) is 0 Å². The lowest BCUT2D eigenvalue weighted by Crippen LogP contribution is -2.61. The Labute approximate surface area is 150 Å². The first kappa shape index (κ1) is 17.3. The summed E-state index contributed by atoms with van der Waals surface area (Å²) in [6, 6.07) is 0. The molecule has 0 aromatic heterocycles. The van der Waals surface area contributed by atoms with Crippen molar-refractivity contribution >= 4 is 11.8 Å². The average molecular weight is 346 g/mol. The second kappa shape index (κ2) is 5.42. The molecule has 4 heteroatoms. The monoisotopic (exact) mass is 346 g/mol. The molecule has 0 saturated heterocycles. The molecule has 0 aromatic rings. The molecule has 0 amide bonds. The van der Waals surface area contributed by atoms with E-state index in [0.29, 0.717) is 12.3 Å². The van der Waals surface area contributed by atoms with Crippen LogP contribution in [0.5, 0.6) is 0 Å². The van der Waals surface area contributed by atoms with Gasteiger partial charge >= 0.3 is 5.97 Å². The standard InChI is InChI=1S/C21H30O4/c1-13(22)25-18-8-11-21(24)17-5-4-14-12-15(23)6-9-19(14,2)16(17)7-10-20(18,21)3/h12,16-18,24H,4-11H2,1-3H3/t16?,17?,18?,19?,20-,21-/m1/s1. The zero-order valence-electron chi connectivity index (χ0n) is 15.6. The number of carbonyl (C=O) groups is 2. The van der Waals surface area contributed by atoms with Crippen LogP contribution in [-0.4, -0.2) is 28.6 Å². The predicted octanol–water partition coefficient (Wildman–Crippen LogP) is 3.56. The van der Waals surface area contributed by atoms with Gasteiger partial charge < -0.3 is 9.84 Å². The van der Waals surface area contributed by atoms with Gasteiger partial charge in [-0.25, -0.2) is 0 Å². The molecule has 4 aliphatic rings. The van der Waals surface area contributed by atoms with Crippen LogP contribution in [0.25, 0.3) is 0 Å². The van der Waals surface area contributed by atoms with Gasteiger partial charge in [0.15, 0.2) is 5.78 Å². The third-order valence-corrected chi connectivity index (χ3v) is 8.37. The first-order valence-corrected chi connectivity index (χ1v) is 9.84. The third kappa shape index (κ3) is 2.22. The van der Waals surface area contributed by atoms with Crippen molar-refractivity contribution in [3.05, 3.63) is 11.6 Å². The molecule has 138 valence electrons. The maximum Gasteiger partial charge on any atom is 0.302 e. The minimum Gasteiger partial charge on any atom is -0.462 e. The zero-order valence-corrected chi connectivity index (χ0v) is 15.6. The summed E-state index contributed by atoms with van der Waals surface area (Å²) >= 11 is 0. The van der Waals surface area contributed by atoms with Crippen molar-refractivity contribution in [3.63, 3.8) is 0 Å². The summed E-state index contributed by atoms with van der Waals surface area (Å²) in [4.78, 5) is 23.4. The van der Waals surface area contributed by atoms with Crippen LogP contribution in [0.2, 0.25) is 0 Å². The van der Waals surface area contributed by atoms with E-state index in [1.165, 1.54) is 12.5 Å². The van der Waals surface area contributed by atoms with E-state index in [9.17, 15) is 14.7 Å². The van der Waals surface area contributed by atoms with Crippen molar-refractivity contribution in [1.29, 1.82) is 0 Å². The van der Waals surface area contributed by atoms with Gasteiger partial charge in [0, 0.05) is 18.8 Å². The Balaban J connectivity index is 1.68. The SMILES string of the molecule is CC(=O)OC1CC[C@@]2(O)C3CCC4=CC(=O)CCC4(C)C3CC[C@]12C. The minimum atomic E-state index is -0.758. The van der Waals surface area contributed by atoms with E-state index in [1.807, 2.05) is 6.08 Å². The average Bonchev–Trinajstić information content (AvgIpc) is 2.80. The summed E-state index contributed by atoms with van der Waals surface area (Å²) < 4.78 is 5.62. The Bertz CT molecular complexity index is 652. The predicted molar refractivity (Wildman–Crippen MR) is 93.7 cm³/mol. The summed E-state index contributed by atoms with van der Waals surface area (Å²) in [5.74, 6) is 0.683. The van der Waals surface area contributed by atoms with Crippen LogP contribution in [-0.2, 0) is 14.3 Å². The van der Waals surface area contributed by atoms with E-state index < -0.39 is 5.60 Å². The van der Waals surface area contributed by atoms with E-state index in [2.05, 4.69) is 13.8 Å². The number of esters is 1. The normalized spacial score (nSPS) is 48.9. The fourth-order valence-corrected chi connectivity index (χ4v) is 6.87. The molecule has 0 aliphatic heterocycles. The van der Waals surface area contributed by atoms with E-state index in [4.69, 9.17) is 4.74 Å². The van der Waals surface area contributed by atoms with Crippen molar-refractivity contribution in [2.45, 2.75) is 83.8 Å². The van der Waals surface area contributed by atoms with Gasteiger partial charge in [-0.1, -0.05) is 19.4 Å². The fraction of sp³-hybridized carbons (Fsp3) is 0.810. The van der Waals surface area contributed by atoms with Crippen LogP contribution < -0.4 is 0 Å².